The predicted molar refractivity (Wildman–Crippen MR) is 66.9 cm³/mol. The minimum absolute atomic E-state index is 0.0236. The van der Waals surface area contributed by atoms with Gasteiger partial charge >= 0.3 is 6.09 Å². The number of hydrogen-bond acceptors (Lipinski definition) is 3. The van der Waals surface area contributed by atoms with Gasteiger partial charge in [0.25, 0.3) is 0 Å². The Morgan fingerprint density at radius 3 is 2.41 bits per heavy atom. The van der Waals surface area contributed by atoms with Crippen LogP contribution in [0.2, 0.25) is 0 Å². The summed E-state index contributed by atoms with van der Waals surface area (Å²) in [6, 6.07) is 0.124. The second kappa shape index (κ2) is 5.71. The molecule has 0 spiro atoms. The molecule has 1 fully saturated rings. The Bertz CT molecular complexity index is 248. The second-order valence-corrected chi connectivity index (χ2v) is 5.72. The Morgan fingerprint density at radius 1 is 1.35 bits per heavy atom. The molecule has 2 atom stereocenters. The largest absolute Gasteiger partial charge is 0.444 e. The van der Waals surface area contributed by atoms with Crippen LogP contribution in [-0.2, 0) is 4.74 Å². The van der Waals surface area contributed by atoms with Crippen LogP contribution in [0, 0.1) is 0 Å². The van der Waals surface area contributed by atoms with Gasteiger partial charge in [-0.25, -0.2) is 4.79 Å². The maximum absolute atomic E-state index is 12.1. The van der Waals surface area contributed by atoms with Crippen LogP contribution in [0.15, 0.2) is 0 Å². The Kier molecular flexibility index (Phi) is 4.80. The van der Waals surface area contributed by atoms with E-state index in [-0.39, 0.29) is 24.8 Å². The summed E-state index contributed by atoms with van der Waals surface area (Å²) in [5, 5.41) is 9.37. The lowest BCUT2D eigenvalue weighted by Gasteiger charge is -2.41. The van der Waals surface area contributed by atoms with Crippen LogP contribution in [0.3, 0.4) is 0 Å². The zero-order valence-corrected chi connectivity index (χ0v) is 11.4. The molecule has 1 amide bonds. The standard InChI is InChI=1S/C13H25NO3/c1-5-10-7-6-8-11(9-15)14(10)12(16)17-13(2,3)4/h10-11,15H,5-9H2,1-4H3/t10-,11-/m1/s1. The summed E-state index contributed by atoms with van der Waals surface area (Å²) in [7, 11) is 0. The van der Waals surface area contributed by atoms with Crippen molar-refractivity contribution in [1.29, 1.82) is 0 Å². The lowest BCUT2D eigenvalue weighted by molar-refractivity contribution is -0.0156. The zero-order valence-electron chi connectivity index (χ0n) is 11.4. The van der Waals surface area contributed by atoms with Crippen molar-refractivity contribution < 1.29 is 14.6 Å². The fourth-order valence-corrected chi connectivity index (χ4v) is 2.36. The highest BCUT2D eigenvalue weighted by molar-refractivity contribution is 5.69. The molecule has 0 saturated carbocycles. The molecular formula is C13H25NO3. The van der Waals surface area contributed by atoms with Crippen molar-refractivity contribution in [2.24, 2.45) is 0 Å². The van der Waals surface area contributed by atoms with Gasteiger partial charge in [-0.15, -0.1) is 0 Å². The molecule has 1 aliphatic rings. The molecule has 1 heterocycles. The molecule has 100 valence electrons. The first-order valence-corrected chi connectivity index (χ1v) is 6.51. The van der Waals surface area contributed by atoms with Gasteiger partial charge in [0.2, 0.25) is 0 Å². The molecule has 4 heteroatoms. The summed E-state index contributed by atoms with van der Waals surface area (Å²) >= 11 is 0. The van der Waals surface area contributed by atoms with E-state index in [0.29, 0.717) is 0 Å². The smallest absolute Gasteiger partial charge is 0.410 e. The van der Waals surface area contributed by atoms with Crippen LogP contribution in [0.5, 0.6) is 0 Å². The fourth-order valence-electron chi connectivity index (χ4n) is 2.36. The third kappa shape index (κ3) is 3.87. The number of piperidine rings is 1. The van der Waals surface area contributed by atoms with Gasteiger partial charge in [0.15, 0.2) is 0 Å². The first kappa shape index (κ1) is 14.3. The quantitative estimate of drug-likeness (QED) is 0.811. The second-order valence-electron chi connectivity index (χ2n) is 5.72. The van der Waals surface area contributed by atoms with Crippen molar-refractivity contribution in [2.45, 2.75) is 71.1 Å². The number of rotatable bonds is 2. The van der Waals surface area contributed by atoms with Gasteiger partial charge in [0.05, 0.1) is 12.6 Å². The highest BCUT2D eigenvalue weighted by Crippen LogP contribution is 2.26. The lowest BCUT2D eigenvalue weighted by atomic mass is 9.95. The van der Waals surface area contributed by atoms with E-state index < -0.39 is 5.60 Å². The monoisotopic (exact) mass is 243 g/mol. The van der Waals surface area contributed by atoms with E-state index in [1.54, 1.807) is 4.90 Å². The van der Waals surface area contributed by atoms with Crippen LogP contribution in [0.4, 0.5) is 4.79 Å². The van der Waals surface area contributed by atoms with Gasteiger partial charge in [0.1, 0.15) is 5.60 Å². The van der Waals surface area contributed by atoms with Crippen molar-refractivity contribution in [1.82, 2.24) is 4.90 Å². The van der Waals surface area contributed by atoms with E-state index in [1.807, 2.05) is 20.8 Å². The molecule has 0 aromatic carbocycles. The lowest BCUT2D eigenvalue weighted by Crippen LogP contribution is -2.52. The highest BCUT2D eigenvalue weighted by Gasteiger charge is 2.35. The topological polar surface area (TPSA) is 49.8 Å². The van der Waals surface area contributed by atoms with Gasteiger partial charge < -0.3 is 9.84 Å². The normalized spacial score (nSPS) is 25.8. The minimum atomic E-state index is -0.479. The number of carbonyl (C=O) groups excluding carboxylic acids is 1. The van der Waals surface area contributed by atoms with E-state index in [0.717, 1.165) is 25.7 Å². The molecule has 17 heavy (non-hydrogen) atoms. The van der Waals surface area contributed by atoms with E-state index in [9.17, 15) is 9.90 Å². The summed E-state index contributed by atoms with van der Waals surface area (Å²) in [5.74, 6) is 0. The third-order valence-corrected chi connectivity index (χ3v) is 3.15. The number of likely N-dealkylation sites (tertiary alicyclic amines) is 1. The molecule has 1 aliphatic heterocycles. The van der Waals surface area contributed by atoms with Crippen molar-refractivity contribution >= 4 is 6.09 Å². The SMILES string of the molecule is CC[C@@H]1CCC[C@H](CO)N1C(=O)OC(C)(C)C. The molecule has 0 bridgehead atoms. The van der Waals surface area contributed by atoms with Crippen molar-refractivity contribution in [3.8, 4) is 0 Å². The highest BCUT2D eigenvalue weighted by atomic mass is 16.6. The number of ether oxygens (including phenoxy) is 1. The molecule has 0 aromatic rings. The summed E-state index contributed by atoms with van der Waals surface area (Å²) in [6.45, 7) is 7.69. The molecule has 0 aliphatic carbocycles. The zero-order chi connectivity index (χ0) is 13.1. The van der Waals surface area contributed by atoms with Crippen molar-refractivity contribution in [3.05, 3.63) is 0 Å². The van der Waals surface area contributed by atoms with Gasteiger partial charge in [-0.05, 0) is 46.5 Å². The van der Waals surface area contributed by atoms with Gasteiger partial charge in [-0.3, -0.25) is 4.90 Å². The number of hydrogen-bond donors (Lipinski definition) is 1. The number of carbonyl (C=O) groups is 1. The average molecular weight is 243 g/mol. The van der Waals surface area contributed by atoms with Gasteiger partial charge in [-0.2, -0.15) is 0 Å². The first-order valence-electron chi connectivity index (χ1n) is 6.51. The van der Waals surface area contributed by atoms with Crippen LogP contribution < -0.4 is 0 Å². The van der Waals surface area contributed by atoms with Crippen LogP contribution in [0.1, 0.15) is 53.4 Å². The summed E-state index contributed by atoms with van der Waals surface area (Å²) < 4.78 is 5.42. The predicted octanol–water partition coefficient (Wildman–Crippen LogP) is 2.55. The molecule has 1 rings (SSSR count). The van der Waals surface area contributed by atoms with E-state index in [2.05, 4.69) is 6.92 Å². The van der Waals surface area contributed by atoms with Crippen LogP contribution in [-0.4, -0.2) is 40.4 Å². The average Bonchev–Trinajstić information content (AvgIpc) is 2.25. The van der Waals surface area contributed by atoms with Crippen LogP contribution in [0.25, 0.3) is 0 Å². The van der Waals surface area contributed by atoms with Gasteiger partial charge in [-0.1, -0.05) is 6.92 Å². The van der Waals surface area contributed by atoms with E-state index in [4.69, 9.17) is 4.74 Å². The van der Waals surface area contributed by atoms with E-state index >= 15 is 0 Å². The van der Waals surface area contributed by atoms with Gasteiger partial charge in [0, 0.05) is 6.04 Å². The molecule has 0 radical (unpaired) electrons. The third-order valence-electron chi connectivity index (χ3n) is 3.15. The maximum Gasteiger partial charge on any atom is 0.410 e. The van der Waals surface area contributed by atoms with E-state index in [1.165, 1.54) is 0 Å². The number of aliphatic hydroxyl groups is 1. The molecule has 4 nitrogen and oxygen atoms in total. The number of aliphatic hydroxyl groups excluding tert-OH is 1. The Labute approximate surface area is 104 Å². The molecule has 0 unspecified atom stereocenters. The number of amides is 1. The molecule has 1 saturated heterocycles. The fraction of sp³-hybridized carbons (Fsp3) is 0.923. The molecular weight excluding hydrogens is 218 g/mol. The Balaban J connectivity index is 2.76. The number of nitrogens with zero attached hydrogens (tertiary/aromatic N) is 1. The Morgan fingerprint density at radius 2 is 1.94 bits per heavy atom. The Hall–Kier alpha value is -0.770. The molecule has 0 aromatic heterocycles. The maximum atomic E-state index is 12.1. The van der Waals surface area contributed by atoms with Crippen molar-refractivity contribution in [2.75, 3.05) is 6.61 Å². The van der Waals surface area contributed by atoms with Crippen LogP contribution >= 0.6 is 0 Å². The summed E-state index contributed by atoms with van der Waals surface area (Å²) in [6.07, 6.45) is 3.57. The minimum Gasteiger partial charge on any atom is -0.444 e. The van der Waals surface area contributed by atoms with Crippen molar-refractivity contribution in [3.63, 3.8) is 0 Å². The first-order chi connectivity index (χ1) is 7.89. The summed E-state index contributed by atoms with van der Waals surface area (Å²) in [4.78, 5) is 13.9. The summed E-state index contributed by atoms with van der Waals surface area (Å²) in [5.41, 5.74) is -0.479. The molecule has 1 N–H and O–H groups in total.